The zero-order valence-corrected chi connectivity index (χ0v) is 48.8. The molecule has 0 N–H and O–H groups in total. The minimum Gasteiger partial charge on any atom is -0.462 e. The van der Waals surface area contributed by atoms with Crippen LogP contribution in [0, 0.1) is 0 Å². The Morgan fingerprint density at radius 3 is 0.813 bits per heavy atom. The van der Waals surface area contributed by atoms with Gasteiger partial charge >= 0.3 is 17.9 Å². The number of carbonyl (C=O) groups is 3. The van der Waals surface area contributed by atoms with E-state index in [2.05, 4.69) is 142 Å². The van der Waals surface area contributed by atoms with Crippen LogP contribution in [0.4, 0.5) is 0 Å². The van der Waals surface area contributed by atoms with E-state index in [0.29, 0.717) is 19.3 Å². The largest absolute Gasteiger partial charge is 0.462 e. The van der Waals surface area contributed by atoms with Gasteiger partial charge in [0.2, 0.25) is 0 Å². The van der Waals surface area contributed by atoms with Gasteiger partial charge in [-0.05, 0) is 109 Å². The maximum absolute atomic E-state index is 12.9. The molecule has 6 heteroatoms. The van der Waals surface area contributed by atoms with Gasteiger partial charge in [0, 0.05) is 19.3 Å². The first-order valence-corrected chi connectivity index (χ1v) is 31.0. The Labute approximate surface area is 462 Å². The lowest BCUT2D eigenvalue weighted by Gasteiger charge is -2.18. The molecule has 1 unspecified atom stereocenters. The molecular formula is C69H114O6. The van der Waals surface area contributed by atoms with E-state index in [4.69, 9.17) is 14.2 Å². The molecule has 0 saturated carbocycles. The fourth-order valence-corrected chi connectivity index (χ4v) is 8.38. The third-order valence-corrected chi connectivity index (χ3v) is 13.0. The number of rotatable bonds is 55. The Hall–Kier alpha value is -4.19. The average Bonchev–Trinajstić information content (AvgIpc) is 3.41. The molecule has 0 radical (unpaired) electrons. The Morgan fingerprint density at radius 2 is 0.520 bits per heavy atom. The summed E-state index contributed by atoms with van der Waals surface area (Å²) in [5.41, 5.74) is 0. The van der Waals surface area contributed by atoms with Crippen molar-refractivity contribution in [1.82, 2.24) is 0 Å². The molecular weight excluding hydrogens is 925 g/mol. The van der Waals surface area contributed by atoms with Crippen molar-refractivity contribution in [3.63, 3.8) is 0 Å². The molecule has 0 spiro atoms. The second kappa shape index (κ2) is 62.4. The topological polar surface area (TPSA) is 78.9 Å². The minimum absolute atomic E-state index is 0.0894. The van der Waals surface area contributed by atoms with Crippen molar-refractivity contribution >= 4 is 17.9 Å². The third kappa shape index (κ3) is 60.6. The first-order chi connectivity index (χ1) is 37.0. The maximum Gasteiger partial charge on any atom is 0.306 e. The van der Waals surface area contributed by atoms with E-state index in [9.17, 15) is 14.4 Å². The summed E-state index contributed by atoms with van der Waals surface area (Å²) < 4.78 is 16.8. The van der Waals surface area contributed by atoms with Crippen LogP contribution in [0.3, 0.4) is 0 Å². The molecule has 1 atom stereocenters. The van der Waals surface area contributed by atoms with Crippen molar-refractivity contribution in [2.75, 3.05) is 13.2 Å². The summed E-state index contributed by atoms with van der Waals surface area (Å²) in [5.74, 6) is -0.916. The van der Waals surface area contributed by atoms with Crippen molar-refractivity contribution < 1.29 is 28.6 Å². The molecule has 0 aliphatic carbocycles. The SMILES string of the molecule is CC/C=C\C/C=C\C/C=C\C/C=C\C/C=C\C/C=C\CCCCCCC(=O)OC(COC(=O)CCCCCCCCCCC)COC(=O)CCCCCCCCCCCCCC/C=C\C/C=C\C/C=C\C/C=C\CC. The summed E-state index contributed by atoms with van der Waals surface area (Å²) in [4.78, 5) is 38.2. The molecule has 0 aromatic rings. The van der Waals surface area contributed by atoms with Gasteiger partial charge in [0.15, 0.2) is 6.10 Å². The number of ether oxygens (including phenoxy) is 3. The van der Waals surface area contributed by atoms with Crippen LogP contribution in [0.25, 0.3) is 0 Å². The van der Waals surface area contributed by atoms with Gasteiger partial charge in [0.05, 0.1) is 0 Å². The molecule has 0 aromatic heterocycles. The quantitative estimate of drug-likeness (QED) is 0.0261. The van der Waals surface area contributed by atoms with Gasteiger partial charge in [-0.15, -0.1) is 0 Å². The molecule has 0 heterocycles. The van der Waals surface area contributed by atoms with Crippen molar-refractivity contribution in [3.8, 4) is 0 Å². The highest BCUT2D eigenvalue weighted by Crippen LogP contribution is 2.15. The molecule has 426 valence electrons. The van der Waals surface area contributed by atoms with E-state index < -0.39 is 6.10 Å². The predicted molar refractivity (Wildman–Crippen MR) is 325 cm³/mol. The molecule has 0 rings (SSSR count). The van der Waals surface area contributed by atoms with Crippen LogP contribution >= 0.6 is 0 Å². The first-order valence-electron chi connectivity index (χ1n) is 31.0. The number of esters is 3. The van der Waals surface area contributed by atoms with E-state index in [1.807, 2.05) is 0 Å². The molecule has 0 aliphatic rings. The summed E-state index contributed by atoms with van der Waals surface area (Å²) in [5, 5.41) is 0. The Bertz CT molecular complexity index is 1570. The van der Waals surface area contributed by atoms with Crippen LogP contribution < -0.4 is 0 Å². The van der Waals surface area contributed by atoms with Crippen LogP contribution in [-0.4, -0.2) is 37.2 Å². The average molecular weight is 1040 g/mol. The Kier molecular flexibility index (Phi) is 58.9. The number of unbranched alkanes of at least 4 members (excludes halogenated alkanes) is 24. The first kappa shape index (κ1) is 70.8. The molecule has 0 fully saturated rings. The lowest BCUT2D eigenvalue weighted by molar-refractivity contribution is -0.167. The van der Waals surface area contributed by atoms with Crippen molar-refractivity contribution in [1.29, 1.82) is 0 Å². The predicted octanol–water partition coefficient (Wildman–Crippen LogP) is 21.2. The number of carbonyl (C=O) groups excluding carboxylic acids is 3. The van der Waals surface area contributed by atoms with Gasteiger partial charge in [-0.2, -0.15) is 0 Å². The second-order valence-electron chi connectivity index (χ2n) is 20.2. The van der Waals surface area contributed by atoms with E-state index in [0.717, 1.165) is 135 Å². The van der Waals surface area contributed by atoms with Gasteiger partial charge in [-0.1, -0.05) is 271 Å². The van der Waals surface area contributed by atoms with Gasteiger partial charge in [0.1, 0.15) is 13.2 Å². The van der Waals surface area contributed by atoms with Crippen LogP contribution in [-0.2, 0) is 28.6 Å². The lowest BCUT2D eigenvalue weighted by atomic mass is 10.0. The van der Waals surface area contributed by atoms with Gasteiger partial charge in [-0.3, -0.25) is 14.4 Å². The van der Waals surface area contributed by atoms with Crippen molar-refractivity contribution in [2.24, 2.45) is 0 Å². The van der Waals surface area contributed by atoms with Gasteiger partial charge < -0.3 is 14.2 Å². The fraction of sp³-hybridized carbons (Fsp3) is 0.667. The smallest absolute Gasteiger partial charge is 0.306 e. The third-order valence-electron chi connectivity index (χ3n) is 13.0. The standard InChI is InChI=1S/C69H114O6/c1-4-7-10-13-16-19-21-23-25-27-29-31-33-34-36-37-39-41-43-45-47-50-53-56-59-62-68(71)74-65-66(64-73-67(70)61-58-55-52-49-18-15-12-9-6-3)75-69(72)63-60-57-54-51-48-46-44-42-40-38-35-32-30-28-26-24-22-20-17-14-11-8-5-2/h7-8,10-11,16-17,19-20,23-26,29-32,38,40,44,46,66H,4-6,9,12-15,18,21-22,27-28,33-37,39,41-43,45,47-65H2,1-3H3/b10-7-,11-8-,19-16-,20-17-,25-23-,26-24-,31-29-,32-30-,40-38-,46-44-. The normalized spacial score (nSPS) is 12.9. The number of hydrogen-bond acceptors (Lipinski definition) is 6. The van der Waals surface area contributed by atoms with Crippen molar-refractivity contribution in [3.05, 3.63) is 122 Å². The monoisotopic (exact) mass is 1040 g/mol. The summed E-state index contributed by atoms with van der Waals surface area (Å²) in [6, 6.07) is 0. The Morgan fingerprint density at radius 1 is 0.280 bits per heavy atom. The van der Waals surface area contributed by atoms with E-state index in [-0.39, 0.29) is 31.1 Å². The van der Waals surface area contributed by atoms with Crippen LogP contribution in [0.5, 0.6) is 0 Å². The lowest BCUT2D eigenvalue weighted by Crippen LogP contribution is -2.30. The molecule has 0 aromatic carbocycles. The summed E-state index contributed by atoms with van der Waals surface area (Å²) in [6.45, 7) is 6.38. The van der Waals surface area contributed by atoms with Crippen LogP contribution in [0.15, 0.2) is 122 Å². The zero-order chi connectivity index (χ0) is 54.3. The second-order valence-corrected chi connectivity index (χ2v) is 20.2. The molecule has 75 heavy (non-hydrogen) atoms. The zero-order valence-electron chi connectivity index (χ0n) is 48.8. The van der Waals surface area contributed by atoms with E-state index in [1.54, 1.807) is 0 Å². The molecule has 6 nitrogen and oxygen atoms in total. The van der Waals surface area contributed by atoms with Crippen LogP contribution in [0.1, 0.15) is 278 Å². The van der Waals surface area contributed by atoms with Gasteiger partial charge in [0.25, 0.3) is 0 Å². The summed E-state index contributed by atoms with van der Waals surface area (Å²) in [7, 11) is 0. The Balaban J connectivity index is 4.30. The van der Waals surface area contributed by atoms with Crippen LogP contribution in [0.2, 0.25) is 0 Å². The summed E-state index contributed by atoms with van der Waals surface area (Å²) >= 11 is 0. The molecule has 0 amide bonds. The van der Waals surface area contributed by atoms with E-state index >= 15 is 0 Å². The van der Waals surface area contributed by atoms with Crippen molar-refractivity contribution in [2.45, 2.75) is 284 Å². The maximum atomic E-state index is 12.9. The minimum atomic E-state index is -0.794. The highest BCUT2D eigenvalue weighted by molar-refractivity contribution is 5.71. The number of allylic oxidation sites excluding steroid dienone is 20. The van der Waals surface area contributed by atoms with Gasteiger partial charge in [-0.25, -0.2) is 0 Å². The highest BCUT2D eigenvalue weighted by atomic mass is 16.6. The molecule has 0 aliphatic heterocycles. The summed E-state index contributed by atoms with van der Waals surface area (Å²) in [6.07, 6.45) is 86.4. The molecule has 0 bridgehead atoms. The fourth-order valence-electron chi connectivity index (χ4n) is 8.38. The van der Waals surface area contributed by atoms with E-state index in [1.165, 1.54) is 103 Å². The highest BCUT2D eigenvalue weighted by Gasteiger charge is 2.19. The number of hydrogen-bond donors (Lipinski definition) is 0. The molecule has 0 saturated heterocycles.